The summed E-state index contributed by atoms with van der Waals surface area (Å²) in [6, 6.07) is 9.00. The van der Waals surface area contributed by atoms with E-state index in [1.165, 1.54) is 56.1 Å². The molecule has 1 aromatic heterocycles. The third-order valence-corrected chi connectivity index (χ3v) is 6.12. The van der Waals surface area contributed by atoms with Gasteiger partial charge in [0.1, 0.15) is 0 Å². The Balaban J connectivity index is 1.37. The van der Waals surface area contributed by atoms with Crippen LogP contribution in [0.25, 0.3) is 10.9 Å². The van der Waals surface area contributed by atoms with Gasteiger partial charge in [-0.05, 0) is 56.3 Å². The number of rotatable bonds is 4. The van der Waals surface area contributed by atoms with Crippen LogP contribution in [0.2, 0.25) is 0 Å². The second-order valence-electron chi connectivity index (χ2n) is 7.76. The van der Waals surface area contributed by atoms with Gasteiger partial charge in [0.15, 0.2) is 0 Å². The molecule has 4 nitrogen and oxygen atoms in total. The van der Waals surface area contributed by atoms with E-state index in [0.29, 0.717) is 18.4 Å². The van der Waals surface area contributed by atoms with Crippen LogP contribution in [0.3, 0.4) is 0 Å². The molecular formula is C21H29N3O. The quantitative estimate of drug-likeness (QED) is 0.929. The van der Waals surface area contributed by atoms with Crippen LogP contribution in [0.5, 0.6) is 0 Å². The second-order valence-corrected chi connectivity index (χ2v) is 7.76. The van der Waals surface area contributed by atoms with Gasteiger partial charge in [0, 0.05) is 36.7 Å². The van der Waals surface area contributed by atoms with Crippen molar-refractivity contribution in [3.05, 3.63) is 36.0 Å². The minimum atomic E-state index is 0.157. The molecule has 25 heavy (non-hydrogen) atoms. The Bertz CT molecular complexity index is 749. The van der Waals surface area contributed by atoms with Crippen LogP contribution >= 0.6 is 0 Å². The number of carbonyl (C=O) groups excluding carboxylic acids is 1. The molecule has 4 heteroatoms. The summed E-state index contributed by atoms with van der Waals surface area (Å²) in [6.07, 6.45) is 9.11. The van der Waals surface area contributed by atoms with Crippen LogP contribution in [0, 0.1) is 5.92 Å². The van der Waals surface area contributed by atoms with Gasteiger partial charge in [0.25, 0.3) is 0 Å². The predicted octanol–water partition coefficient (Wildman–Crippen LogP) is 3.10. The zero-order chi connectivity index (χ0) is 17.2. The fourth-order valence-corrected chi connectivity index (χ4v) is 4.86. The first-order valence-corrected chi connectivity index (χ1v) is 9.76. The van der Waals surface area contributed by atoms with E-state index in [1.54, 1.807) is 0 Å². The first-order valence-electron chi connectivity index (χ1n) is 9.76. The molecule has 0 aliphatic carbocycles. The van der Waals surface area contributed by atoms with Crippen molar-refractivity contribution in [1.82, 2.24) is 14.8 Å². The molecule has 0 radical (unpaired) electrons. The molecule has 2 saturated heterocycles. The topological polar surface area (TPSA) is 37.3 Å². The predicted molar refractivity (Wildman–Crippen MR) is 102 cm³/mol. The summed E-state index contributed by atoms with van der Waals surface area (Å²) < 4.78 is 2.11. The lowest BCUT2D eigenvalue weighted by Crippen LogP contribution is -2.51. The summed E-state index contributed by atoms with van der Waals surface area (Å²) in [5.41, 5.74) is 2.31. The first-order chi connectivity index (χ1) is 12.2. The van der Waals surface area contributed by atoms with Crippen LogP contribution < -0.4 is 5.32 Å². The summed E-state index contributed by atoms with van der Waals surface area (Å²) >= 11 is 0. The summed E-state index contributed by atoms with van der Waals surface area (Å²) in [5.74, 6) is 0.787. The van der Waals surface area contributed by atoms with Crippen molar-refractivity contribution in [2.24, 2.45) is 13.0 Å². The first kappa shape index (κ1) is 16.6. The molecule has 1 N–H and O–H groups in total. The van der Waals surface area contributed by atoms with Crippen LogP contribution in [-0.2, 0) is 18.3 Å². The van der Waals surface area contributed by atoms with Gasteiger partial charge in [-0.1, -0.05) is 24.6 Å². The van der Waals surface area contributed by atoms with Crippen molar-refractivity contribution < 1.29 is 4.79 Å². The highest BCUT2D eigenvalue weighted by Gasteiger charge is 2.32. The number of nitrogens with one attached hydrogen (secondary N) is 1. The molecule has 1 aromatic carbocycles. The Kier molecular flexibility index (Phi) is 4.80. The lowest BCUT2D eigenvalue weighted by Gasteiger charge is -2.44. The third-order valence-electron chi connectivity index (χ3n) is 6.12. The van der Waals surface area contributed by atoms with Gasteiger partial charge >= 0.3 is 0 Å². The highest BCUT2D eigenvalue weighted by Crippen LogP contribution is 2.30. The van der Waals surface area contributed by atoms with E-state index < -0.39 is 0 Å². The van der Waals surface area contributed by atoms with E-state index in [2.05, 4.69) is 33.1 Å². The lowest BCUT2D eigenvalue weighted by atomic mass is 9.83. The van der Waals surface area contributed by atoms with E-state index in [1.807, 2.05) is 19.2 Å². The van der Waals surface area contributed by atoms with Gasteiger partial charge in [-0.3, -0.25) is 4.79 Å². The molecule has 2 aromatic rings. The molecule has 0 unspecified atom stereocenters. The monoisotopic (exact) mass is 339 g/mol. The third kappa shape index (κ3) is 3.45. The van der Waals surface area contributed by atoms with E-state index in [9.17, 15) is 4.79 Å². The Labute approximate surface area is 150 Å². The zero-order valence-electron chi connectivity index (χ0n) is 15.2. The minimum absolute atomic E-state index is 0.157. The number of aryl methyl sites for hydroxylation is 1. The fraction of sp³-hybridized carbons (Fsp3) is 0.571. The molecule has 3 heterocycles. The maximum atomic E-state index is 12.5. The largest absolute Gasteiger partial charge is 0.355 e. The SMILES string of the molecule is Cn1cc(CC(=O)NC[C@@H]2CCCN3CCCC[C@H]23)c2ccccc21. The molecule has 0 spiro atoms. The number of benzene rings is 1. The molecule has 2 atom stereocenters. The van der Waals surface area contributed by atoms with E-state index in [0.717, 1.165) is 12.1 Å². The Morgan fingerprint density at radius 2 is 2.00 bits per heavy atom. The van der Waals surface area contributed by atoms with E-state index in [4.69, 9.17) is 0 Å². The second kappa shape index (κ2) is 7.20. The number of carbonyl (C=O) groups is 1. The maximum Gasteiger partial charge on any atom is 0.224 e. The summed E-state index contributed by atoms with van der Waals surface area (Å²) in [5, 5.41) is 4.42. The minimum Gasteiger partial charge on any atom is -0.355 e. The van der Waals surface area contributed by atoms with Gasteiger partial charge < -0.3 is 14.8 Å². The Morgan fingerprint density at radius 1 is 1.16 bits per heavy atom. The van der Waals surface area contributed by atoms with E-state index >= 15 is 0 Å². The van der Waals surface area contributed by atoms with Gasteiger partial charge in [0.05, 0.1) is 6.42 Å². The molecule has 2 aliphatic rings. The van der Waals surface area contributed by atoms with Gasteiger partial charge in [-0.25, -0.2) is 0 Å². The van der Waals surface area contributed by atoms with Crippen LogP contribution in [0.4, 0.5) is 0 Å². The molecule has 1 amide bonds. The smallest absolute Gasteiger partial charge is 0.224 e. The number of piperidine rings is 2. The highest BCUT2D eigenvalue weighted by atomic mass is 16.1. The Morgan fingerprint density at radius 3 is 2.92 bits per heavy atom. The summed E-state index contributed by atoms with van der Waals surface area (Å²) in [4.78, 5) is 15.2. The zero-order valence-corrected chi connectivity index (χ0v) is 15.2. The number of nitrogens with zero attached hydrogens (tertiary/aromatic N) is 2. The molecule has 0 saturated carbocycles. The summed E-state index contributed by atoms with van der Waals surface area (Å²) in [6.45, 7) is 3.35. The molecule has 2 fully saturated rings. The molecule has 4 rings (SSSR count). The molecule has 0 bridgehead atoms. The summed E-state index contributed by atoms with van der Waals surface area (Å²) in [7, 11) is 2.05. The van der Waals surface area contributed by atoms with Crippen molar-refractivity contribution >= 4 is 16.8 Å². The van der Waals surface area contributed by atoms with Gasteiger partial charge in [-0.2, -0.15) is 0 Å². The van der Waals surface area contributed by atoms with Crippen molar-refractivity contribution in [1.29, 1.82) is 0 Å². The van der Waals surface area contributed by atoms with Crippen molar-refractivity contribution in [2.75, 3.05) is 19.6 Å². The van der Waals surface area contributed by atoms with Crippen molar-refractivity contribution in [3.8, 4) is 0 Å². The average molecular weight is 339 g/mol. The number of fused-ring (bicyclic) bond motifs is 2. The molecular weight excluding hydrogens is 310 g/mol. The van der Waals surface area contributed by atoms with Crippen LogP contribution in [-0.4, -0.2) is 41.1 Å². The number of amides is 1. The number of hydrogen-bond donors (Lipinski definition) is 1. The van der Waals surface area contributed by atoms with E-state index in [-0.39, 0.29) is 5.91 Å². The van der Waals surface area contributed by atoms with Crippen molar-refractivity contribution in [2.45, 2.75) is 44.6 Å². The van der Waals surface area contributed by atoms with Gasteiger partial charge in [0.2, 0.25) is 5.91 Å². The number of hydrogen-bond acceptors (Lipinski definition) is 2. The van der Waals surface area contributed by atoms with Crippen LogP contribution in [0.15, 0.2) is 30.5 Å². The standard InChI is InChI=1S/C21H29N3O/c1-23-15-17(18-8-2-3-10-20(18)23)13-21(25)22-14-16-7-6-12-24-11-5-4-9-19(16)24/h2-3,8,10,15-16,19H,4-7,9,11-14H2,1H3,(H,22,25)/t16-,19+/m0/s1. The average Bonchev–Trinajstić information content (AvgIpc) is 2.96. The van der Waals surface area contributed by atoms with Crippen LogP contribution in [0.1, 0.15) is 37.7 Å². The number of aromatic nitrogens is 1. The van der Waals surface area contributed by atoms with Crippen molar-refractivity contribution in [3.63, 3.8) is 0 Å². The number of para-hydroxylation sites is 1. The Hall–Kier alpha value is -1.81. The van der Waals surface area contributed by atoms with Gasteiger partial charge in [-0.15, -0.1) is 0 Å². The highest BCUT2D eigenvalue weighted by molar-refractivity contribution is 5.89. The fourth-order valence-electron chi connectivity index (χ4n) is 4.86. The normalized spacial score (nSPS) is 24.2. The lowest BCUT2D eigenvalue weighted by molar-refractivity contribution is -0.120. The molecule has 2 aliphatic heterocycles. The maximum absolute atomic E-state index is 12.5. The molecule has 134 valence electrons.